The minimum absolute atomic E-state index is 0.142. The topological polar surface area (TPSA) is 40.5 Å². The maximum atomic E-state index is 10.2. The van der Waals surface area contributed by atoms with Crippen molar-refractivity contribution >= 4 is 28.1 Å². The zero-order chi connectivity index (χ0) is 16.4. The number of allylic oxidation sites excluding steroid dienone is 1. The highest BCUT2D eigenvalue weighted by Crippen LogP contribution is 2.36. The Morgan fingerprint density at radius 1 is 1.04 bits per heavy atom. The molecule has 0 aliphatic carbocycles. The molecule has 3 aromatic carbocycles. The number of fused-ring (bicyclic) bond motifs is 1. The Kier molecular flexibility index (Phi) is 4.26. The Bertz CT molecular complexity index is 897. The molecule has 3 rings (SSSR count). The van der Waals surface area contributed by atoms with Gasteiger partial charge in [-0.2, -0.15) is 0 Å². The summed E-state index contributed by atoms with van der Waals surface area (Å²) in [6.07, 6.45) is 2.55. The van der Waals surface area contributed by atoms with E-state index in [2.05, 4.69) is 0 Å². The summed E-state index contributed by atoms with van der Waals surface area (Å²) in [6.45, 7) is 1.98. The molecule has 2 N–H and O–H groups in total. The van der Waals surface area contributed by atoms with Gasteiger partial charge in [-0.25, -0.2) is 0 Å². The lowest BCUT2D eigenvalue weighted by molar-refractivity contribution is 0.477. The quantitative estimate of drug-likeness (QED) is 0.565. The van der Waals surface area contributed by atoms with Crippen molar-refractivity contribution in [1.29, 1.82) is 0 Å². The maximum absolute atomic E-state index is 10.2. The van der Waals surface area contributed by atoms with Crippen molar-refractivity contribution in [1.82, 2.24) is 0 Å². The van der Waals surface area contributed by atoms with Crippen LogP contribution in [0.25, 0.3) is 27.7 Å². The Labute approximate surface area is 140 Å². The van der Waals surface area contributed by atoms with E-state index in [0.717, 1.165) is 33.9 Å². The lowest BCUT2D eigenvalue weighted by Crippen LogP contribution is -1.87. The highest BCUT2D eigenvalue weighted by atomic mass is 35.5. The predicted octanol–water partition coefficient (Wildman–Crippen LogP) is 6.17. The lowest BCUT2D eigenvalue weighted by Gasteiger charge is -2.11. The largest absolute Gasteiger partial charge is 0.508 e. The van der Waals surface area contributed by atoms with Gasteiger partial charge in [-0.15, -0.1) is 0 Å². The van der Waals surface area contributed by atoms with E-state index < -0.39 is 0 Å². The van der Waals surface area contributed by atoms with Gasteiger partial charge in [0.25, 0.3) is 0 Å². The van der Waals surface area contributed by atoms with Crippen LogP contribution >= 0.6 is 11.6 Å². The van der Waals surface area contributed by atoms with Crippen LogP contribution in [0, 0.1) is 0 Å². The lowest BCUT2D eigenvalue weighted by atomic mass is 9.95. The van der Waals surface area contributed by atoms with Crippen LogP contribution < -0.4 is 0 Å². The molecular weight excluding hydrogens is 308 g/mol. The van der Waals surface area contributed by atoms with Crippen LogP contribution in [-0.2, 0) is 0 Å². The average molecular weight is 325 g/mol. The van der Waals surface area contributed by atoms with E-state index in [0.29, 0.717) is 5.02 Å². The summed E-state index contributed by atoms with van der Waals surface area (Å²) in [5, 5.41) is 22.9. The molecule has 0 heterocycles. The van der Waals surface area contributed by atoms with Gasteiger partial charge in [0.15, 0.2) is 0 Å². The number of aliphatic hydroxyl groups excluding tert-OH is 1. The Balaban J connectivity index is 2.24. The van der Waals surface area contributed by atoms with Gasteiger partial charge >= 0.3 is 0 Å². The summed E-state index contributed by atoms with van der Waals surface area (Å²) in [6, 6.07) is 16.8. The van der Waals surface area contributed by atoms with Crippen LogP contribution in [0.5, 0.6) is 5.75 Å². The number of hydrogen-bond acceptors (Lipinski definition) is 2. The van der Waals surface area contributed by atoms with Crippen molar-refractivity contribution in [2.45, 2.75) is 13.3 Å². The van der Waals surface area contributed by atoms with Crippen LogP contribution in [0.4, 0.5) is 0 Å². The van der Waals surface area contributed by atoms with Crippen molar-refractivity contribution < 1.29 is 10.2 Å². The molecule has 0 spiro atoms. The molecule has 0 saturated heterocycles. The first-order chi connectivity index (χ1) is 11.1. The molecule has 2 nitrogen and oxygen atoms in total. The predicted molar refractivity (Wildman–Crippen MR) is 97.0 cm³/mol. The molecular formula is C20H17ClO2. The van der Waals surface area contributed by atoms with E-state index in [4.69, 9.17) is 11.6 Å². The maximum Gasteiger partial charge on any atom is 0.124 e. The molecule has 0 unspecified atom stereocenters. The number of phenols is 1. The van der Waals surface area contributed by atoms with Crippen molar-refractivity contribution in [3.05, 3.63) is 71.3 Å². The summed E-state index contributed by atoms with van der Waals surface area (Å²) >= 11 is 5.92. The average Bonchev–Trinajstić information content (AvgIpc) is 2.54. The Hall–Kier alpha value is -2.45. The van der Waals surface area contributed by atoms with Gasteiger partial charge in [0.05, 0.1) is 0 Å². The molecule has 0 radical (unpaired) electrons. The summed E-state index contributed by atoms with van der Waals surface area (Å²) in [5.74, 6) is 0.410. The van der Waals surface area contributed by atoms with Gasteiger partial charge < -0.3 is 10.2 Å². The van der Waals surface area contributed by atoms with Crippen LogP contribution in [0.15, 0.2) is 60.7 Å². The summed E-state index contributed by atoms with van der Waals surface area (Å²) < 4.78 is 0. The second-order valence-corrected chi connectivity index (χ2v) is 5.84. The highest BCUT2D eigenvalue weighted by Gasteiger charge is 2.10. The SMILES string of the molecule is CC/C=C(/O)c1ccc2cccc(-c3ccc(Cl)cc3O)c2c1. The first-order valence-corrected chi connectivity index (χ1v) is 7.89. The Morgan fingerprint density at radius 2 is 1.87 bits per heavy atom. The van der Waals surface area contributed by atoms with E-state index in [1.165, 1.54) is 6.07 Å². The third-order valence-corrected chi connectivity index (χ3v) is 4.06. The summed E-state index contributed by atoms with van der Waals surface area (Å²) in [5.41, 5.74) is 2.39. The molecule has 0 aliphatic rings. The Morgan fingerprint density at radius 3 is 2.61 bits per heavy atom. The van der Waals surface area contributed by atoms with Crippen molar-refractivity contribution in [2.75, 3.05) is 0 Å². The number of hydrogen-bond donors (Lipinski definition) is 2. The van der Waals surface area contributed by atoms with Gasteiger partial charge in [0.1, 0.15) is 11.5 Å². The minimum Gasteiger partial charge on any atom is -0.508 e. The third kappa shape index (κ3) is 3.03. The van der Waals surface area contributed by atoms with E-state index in [1.807, 2.05) is 43.3 Å². The zero-order valence-corrected chi connectivity index (χ0v) is 13.5. The van der Waals surface area contributed by atoms with Crippen LogP contribution in [0.1, 0.15) is 18.9 Å². The number of aromatic hydroxyl groups is 1. The van der Waals surface area contributed by atoms with Gasteiger partial charge in [-0.05, 0) is 53.1 Å². The van der Waals surface area contributed by atoms with E-state index in [9.17, 15) is 10.2 Å². The molecule has 3 aromatic rings. The second kappa shape index (κ2) is 6.35. The number of aliphatic hydroxyl groups is 1. The fourth-order valence-corrected chi connectivity index (χ4v) is 2.88. The number of phenolic OH excluding ortho intramolecular Hbond substituents is 1. The van der Waals surface area contributed by atoms with Crippen molar-refractivity contribution in [3.63, 3.8) is 0 Å². The molecule has 0 aliphatic heterocycles. The number of halogens is 1. The normalized spacial score (nSPS) is 11.8. The van der Waals surface area contributed by atoms with Crippen molar-refractivity contribution in [3.8, 4) is 16.9 Å². The smallest absolute Gasteiger partial charge is 0.124 e. The van der Waals surface area contributed by atoms with E-state index >= 15 is 0 Å². The van der Waals surface area contributed by atoms with Crippen LogP contribution in [-0.4, -0.2) is 10.2 Å². The molecule has 0 bridgehead atoms. The summed E-state index contributed by atoms with van der Waals surface area (Å²) in [4.78, 5) is 0. The first kappa shape index (κ1) is 15.4. The highest BCUT2D eigenvalue weighted by molar-refractivity contribution is 6.30. The van der Waals surface area contributed by atoms with Gasteiger partial charge in [0.2, 0.25) is 0 Å². The summed E-state index contributed by atoms with van der Waals surface area (Å²) in [7, 11) is 0. The van der Waals surface area contributed by atoms with Crippen LogP contribution in [0.2, 0.25) is 5.02 Å². The monoisotopic (exact) mass is 324 g/mol. The standard InChI is InChI=1S/C20H17ClO2/c1-2-4-19(22)14-8-7-13-5-3-6-16(18(13)11-14)17-10-9-15(21)12-20(17)23/h3-12,22-23H,2H2,1H3/b19-4+. The molecule has 0 aromatic heterocycles. The molecule has 3 heteroatoms. The molecule has 0 atom stereocenters. The third-order valence-electron chi connectivity index (χ3n) is 3.83. The number of rotatable bonds is 3. The fraction of sp³-hybridized carbons (Fsp3) is 0.100. The van der Waals surface area contributed by atoms with E-state index in [-0.39, 0.29) is 11.5 Å². The molecule has 116 valence electrons. The molecule has 0 saturated carbocycles. The minimum atomic E-state index is 0.142. The van der Waals surface area contributed by atoms with Crippen LogP contribution in [0.3, 0.4) is 0 Å². The van der Waals surface area contributed by atoms with Gasteiger partial charge in [-0.3, -0.25) is 0 Å². The zero-order valence-electron chi connectivity index (χ0n) is 12.8. The molecule has 0 amide bonds. The van der Waals surface area contributed by atoms with Crippen molar-refractivity contribution in [2.24, 2.45) is 0 Å². The first-order valence-electron chi connectivity index (χ1n) is 7.51. The molecule has 23 heavy (non-hydrogen) atoms. The molecule has 0 fully saturated rings. The van der Waals surface area contributed by atoms with Gasteiger partial charge in [0, 0.05) is 16.1 Å². The fourth-order valence-electron chi connectivity index (χ4n) is 2.71. The number of benzene rings is 3. The van der Waals surface area contributed by atoms with E-state index in [1.54, 1.807) is 18.2 Å². The second-order valence-electron chi connectivity index (χ2n) is 5.40. The van der Waals surface area contributed by atoms with Gasteiger partial charge in [-0.1, -0.05) is 48.9 Å².